The Morgan fingerprint density at radius 3 is 2.62 bits per heavy atom. The van der Waals surface area contributed by atoms with E-state index in [0.717, 1.165) is 16.5 Å². The van der Waals surface area contributed by atoms with Crippen LogP contribution in [0.4, 0.5) is 11.4 Å². The van der Waals surface area contributed by atoms with Gasteiger partial charge < -0.3 is 15.4 Å². The van der Waals surface area contributed by atoms with Crippen LogP contribution in [0.25, 0.3) is 10.8 Å². The molecule has 5 rings (SSSR count). The average Bonchev–Trinajstić information content (AvgIpc) is 2.83. The number of fused-ring (bicyclic) bond motifs is 2. The van der Waals surface area contributed by atoms with Crippen molar-refractivity contribution >= 4 is 44.0 Å². The van der Waals surface area contributed by atoms with E-state index < -0.39 is 10.0 Å². The van der Waals surface area contributed by atoms with Gasteiger partial charge in [0, 0.05) is 36.1 Å². The third-order valence-corrected chi connectivity index (χ3v) is 8.44. The number of rotatable bonds is 4. The van der Waals surface area contributed by atoms with E-state index in [1.807, 2.05) is 42.5 Å². The second-order valence-corrected chi connectivity index (χ2v) is 10.6. The fourth-order valence-electron chi connectivity index (χ4n) is 4.56. The minimum atomic E-state index is -3.77. The largest absolute Gasteiger partial charge is 0.482 e. The van der Waals surface area contributed by atoms with Crippen molar-refractivity contribution in [1.29, 1.82) is 0 Å². The van der Waals surface area contributed by atoms with Crippen molar-refractivity contribution in [2.75, 3.05) is 30.3 Å². The van der Waals surface area contributed by atoms with Crippen molar-refractivity contribution in [3.05, 3.63) is 60.2 Å². The van der Waals surface area contributed by atoms with E-state index in [1.165, 1.54) is 10.4 Å². The smallest absolute Gasteiger partial charge is 0.262 e. The Balaban J connectivity index is 1.28. The molecule has 1 saturated heterocycles. The number of carbonyl (C=O) groups is 2. The summed E-state index contributed by atoms with van der Waals surface area (Å²) < 4.78 is 33.5. The molecule has 2 aliphatic heterocycles. The topological polar surface area (TPSA) is 105 Å². The monoisotopic (exact) mass is 479 g/mol. The van der Waals surface area contributed by atoms with Gasteiger partial charge in [-0.1, -0.05) is 36.4 Å². The van der Waals surface area contributed by atoms with E-state index in [-0.39, 0.29) is 42.3 Å². The highest BCUT2D eigenvalue weighted by Gasteiger charge is 2.34. The lowest BCUT2D eigenvalue weighted by Gasteiger charge is -2.31. The molecule has 0 unspecified atom stereocenters. The summed E-state index contributed by atoms with van der Waals surface area (Å²) in [5, 5.41) is 7.74. The lowest BCUT2D eigenvalue weighted by molar-refractivity contribution is -0.121. The number of anilines is 2. The zero-order valence-corrected chi connectivity index (χ0v) is 19.5. The van der Waals surface area contributed by atoms with Gasteiger partial charge in [-0.05, 0) is 42.8 Å². The maximum atomic E-state index is 13.4. The van der Waals surface area contributed by atoms with Gasteiger partial charge in [0.15, 0.2) is 6.61 Å². The Bertz CT molecular complexity index is 1390. The van der Waals surface area contributed by atoms with Crippen LogP contribution in [-0.4, -0.2) is 44.2 Å². The van der Waals surface area contributed by atoms with E-state index in [9.17, 15) is 18.0 Å². The first kappa shape index (κ1) is 22.4. The Labute approximate surface area is 197 Å². The van der Waals surface area contributed by atoms with Crippen molar-refractivity contribution in [2.24, 2.45) is 5.92 Å². The van der Waals surface area contributed by atoms with Crippen LogP contribution in [0.5, 0.6) is 5.75 Å². The van der Waals surface area contributed by atoms with Crippen LogP contribution >= 0.6 is 0 Å². The summed E-state index contributed by atoms with van der Waals surface area (Å²) in [7, 11) is -3.77. The summed E-state index contributed by atoms with van der Waals surface area (Å²) >= 11 is 0. The molecule has 0 aromatic heterocycles. The van der Waals surface area contributed by atoms with Crippen molar-refractivity contribution < 1.29 is 22.7 Å². The summed E-state index contributed by atoms with van der Waals surface area (Å²) in [6, 6.07) is 16.7. The molecule has 0 saturated carbocycles. The second-order valence-electron chi connectivity index (χ2n) is 8.65. The third-order valence-electron chi connectivity index (χ3n) is 6.40. The second kappa shape index (κ2) is 8.73. The lowest BCUT2D eigenvalue weighted by Crippen LogP contribution is -2.41. The summed E-state index contributed by atoms with van der Waals surface area (Å²) in [4.78, 5) is 24.6. The summed E-state index contributed by atoms with van der Waals surface area (Å²) in [5.74, 6) is -0.296. The molecule has 176 valence electrons. The number of piperidine rings is 1. The van der Waals surface area contributed by atoms with Crippen LogP contribution in [0.1, 0.15) is 18.4 Å². The van der Waals surface area contributed by atoms with Crippen LogP contribution in [0.2, 0.25) is 0 Å². The van der Waals surface area contributed by atoms with Crippen molar-refractivity contribution in [3.63, 3.8) is 0 Å². The predicted molar refractivity (Wildman–Crippen MR) is 129 cm³/mol. The molecule has 1 fully saturated rings. The molecule has 0 spiro atoms. The minimum Gasteiger partial charge on any atom is -0.482 e. The number of amides is 2. The van der Waals surface area contributed by atoms with Gasteiger partial charge in [-0.3, -0.25) is 9.59 Å². The van der Waals surface area contributed by atoms with Crippen LogP contribution in [0.15, 0.2) is 59.5 Å². The fraction of sp³-hybridized carbons (Fsp3) is 0.280. The van der Waals surface area contributed by atoms with Gasteiger partial charge in [0.1, 0.15) is 5.75 Å². The van der Waals surface area contributed by atoms with Gasteiger partial charge in [0.05, 0.1) is 10.6 Å². The highest BCUT2D eigenvalue weighted by atomic mass is 32.2. The number of ether oxygens (including phenoxy) is 1. The molecule has 8 nitrogen and oxygen atoms in total. The molecule has 2 aliphatic rings. The first-order valence-corrected chi connectivity index (χ1v) is 12.6. The number of nitrogens with zero attached hydrogens (tertiary/aromatic N) is 1. The van der Waals surface area contributed by atoms with Gasteiger partial charge in [-0.25, -0.2) is 8.42 Å². The molecule has 0 aliphatic carbocycles. The van der Waals surface area contributed by atoms with Gasteiger partial charge in [-0.2, -0.15) is 4.31 Å². The Kier molecular flexibility index (Phi) is 5.75. The zero-order valence-electron chi connectivity index (χ0n) is 18.7. The lowest BCUT2D eigenvalue weighted by atomic mass is 9.97. The van der Waals surface area contributed by atoms with Gasteiger partial charge in [-0.15, -0.1) is 0 Å². The molecule has 2 heterocycles. The van der Waals surface area contributed by atoms with Gasteiger partial charge in [0.2, 0.25) is 15.9 Å². The molecule has 2 N–H and O–H groups in total. The molecule has 0 bridgehead atoms. The SMILES string of the molecule is Cc1cc2c(cc1S(=O)(=O)N1CCC(C(=O)Nc3cccc4ccccc34)CC1)OCC(=O)N2. The van der Waals surface area contributed by atoms with Crippen molar-refractivity contribution in [3.8, 4) is 5.75 Å². The molecule has 34 heavy (non-hydrogen) atoms. The van der Waals surface area contributed by atoms with E-state index in [4.69, 9.17) is 4.74 Å². The molecule has 0 radical (unpaired) electrons. The van der Waals surface area contributed by atoms with E-state index in [2.05, 4.69) is 10.6 Å². The maximum absolute atomic E-state index is 13.4. The number of hydrogen-bond acceptors (Lipinski definition) is 5. The normalized spacial score (nSPS) is 17.0. The molecule has 3 aromatic rings. The summed E-state index contributed by atoms with van der Waals surface area (Å²) in [6.45, 7) is 2.05. The van der Waals surface area contributed by atoms with Crippen LogP contribution in [-0.2, 0) is 19.6 Å². The van der Waals surface area contributed by atoms with E-state index in [0.29, 0.717) is 29.8 Å². The quantitative estimate of drug-likeness (QED) is 0.596. The molecule has 9 heteroatoms. The van der Waals surface area contributed by atoms with Gasteiger partial charge >= 0.3 is 0 Å². The first-order valence-electron chi connectivity index (χ1n) is 11.2. The number of benzene rings is 3. The highest BCUT2D eigenvalue weighted by Crippen LogP contribution is 2.35. The number of sulfonamides is 1. The molecule has 0 atom stereocenters. The fourth-order valence-corrected chi connectivity index (χ4v) is 6.25. The molecule has 3 aromatic carbocycles. The van der Waals surface area contributed by atoms with Crippen LogP contribution in [0.3, 0.4) is 0 Å². The van der Waals surface area contributed by atoms with Crippen molar-refractivity contribution in [1.82, 2.24) is 4.31 Å². The standard InChI is InChI=1S/C25H25N3O5S/c1-16-13-21-22(33-15-24(29)26-21)14-23(16)34(31,32)28-11-9-18(10-12-28)25(30)27-20-8-4-6-17-5-2-3-7-19(17)20/h2-8,13-14,18H,9-12,15H2,1H3,(H,26,29)(H,27,30). The molecular weight excluding hydrogens is 454 g/mol. The number of hydrogen-bond donors (Lipinski definition) is 2. The van der Waals surface area contributed by atoms with E-state index in [1.54, 1.807) is 13.0 Å². The van der Waals surface area contributed by atoms with Crippen LogP contribution < -0.4 is 15.4 Å². The maximum Gasteiger partial charge on any atom is 0.262 e. The first-order chi connectivity index (χ1) is 16.3. The molecule has 2 amide bonds. The predicted octanol–water partition coefficient (Wildman–Crippen LogP) is 3.52. The zero-order chi connectivity index (χ0) is 23.9. The van der Waals surface area contributed by atoms with Crippen molar-refractivity contribution in [2.45, 2.75) is 24.7 Å². The number of nitrogens with one attached hydrogen (secondary N) is 2. The Morgan fingerprint density at radius 1 is 1.09 bits per heavy atom. The number of carbonyl (C=O) groups excluding carboxylic acids is 2. The highest BCUT2D eigenvalue weighted by molar-refractivity contribution is 7.89. The summed E-state index contributed by atoms with van der Waals surface area (Å²) in [5.41, 5.74) is 1.76. The Morgan fingerprint density at radius 2 is 1.82 bits per heavy atom. The van der Waals surface area contributed by atoms with Gasteiger partial charge in [0.25, 0.3) is 5.91 Å². The van der Waals surface area contributed by atoms with Crippen LogP contribution in [0, 0.1) is 12.8 Å². The number of aryl methyl sites for hydroxylation is 1. The minimum absolute atomic E-state index is 0.0949. The third kappa shape index (κ3) is 4.12. The van der Waals surface area contributed by atoms with E-state index >= 15 is 0 Å². The Hall–Kier alpha value is -3.43. The molecular formula is C25H25N3O5S. The average molecular weight is 480 g/mol. The summed E-state index contributed by atoms with van der Waals surface area (Å²) in [6.07, 6.45) is 0.874.